The Bertz CT molecular complexity index is 388. The summed E-state index contributed by atoms with van der Waals surface area (Å²) in [5.74, 6) is 0. The number of amides is 1. The van der Waals surface area contributed by atoms with Crippen molar-refractivity contribution in [2.24, 2.45) is 5.11 Å². The molecule has 0 aromatic rings. The maximum Gasteiger partial charge on any atom is 0.410 e. The lowest BCUT2D eigenvalue weighted by molar-refractivity contribution is -0.102. The lowest BCUT2D eigenvalue weighted by atomic mass is 9.98. The Morgan fingerprint density at radius 2 is 2.25 bits per heavy atom. The first-order chi connectivity index (χ1) is 9.26. The predicted octanol–water partition coefficient (Wildman–Crippen LogP) is 3.10. The van der Waals surface area contributed by atoms with Crippen molar-refractivity contribution >= 4 is 6.09 Å². The first-order valence-corrected chi connectivity index (χ1v) is 6.88. The molecule has 1 unspecified atom stereocenters. The van der Waals surface area contributed by atoms with Crippen LogP contribution in [-0.4, -0.2) is 48.4 Å². The molecule has 0 saturated carbocycles. The Hall–Kier alpha value is -1.46. The van der Waals surface area contributed by atoms with Gasteiger partial charge in [0.2, 0.25) is 0 Å². The van der Waals surface area contributed by atoms with Gasteiger partial charge in [0.05, 0.1) is 18.8 Å². The zero-order chi connectivity index (χ0) is 15.2. The summed E-state index contributed by atoms with van der Waals surface area (Å²) in [6.45, 7) is 9.51. The summed E-state index contributed by atoms with van der Waals surface area (Å²) in [6.07, 6.45) is 1.18. The lowest BCUT2D eigenvalue weighted by Gasteiger charge is -2.40. The van der Waals surface area contributed by atoms with Crippen LogP contribution >= 0.6 is 0 Å². The van der Waals surface area contributed by atoms with E-state index in [-0.39, 0.29) is 6.09 Å². The summed E-state index contributed by atoms with van der Waals surface area (Å²) < 4.78 is 11.2. The second-order valence-corrected chi connectivity index (χ2v) is 6.26. The Morgan fingerprint density at radius 3 is 2.85 bits per heavy atom. The van der Waals surface area contributed by atoms with Gasteiger partial charge in [-0.05, 0) is 46.1 Å². The van der Waals surface area contributed by atoms with Crippen LogP contribution < -0.4 is 0 Å². The molecule has 7 heteroatoms. The molecule has 0 bridgehead atoms. The molecule has 0 radical (unpaired) electrons. The van der Waals surface area contributed by atoms with E-state index in [1.54, 1.807) is 4.90 Å². The van der Waals surface area contributed by atoms with E-state index in [9.17, 15) is 4.79 Å². The number of ether oxygens (including phenoxy) is 2. The Kier molecular flexibility index (Phi) is 5.65. The van der Waals surface area contributed by atoms with E-state index in [2.05, 4.69) is 10.0 Å². The van der Waals surface area contributed by atoms with E-state index >= 15 is 0 Å². The van der Waals surface area contributed by atoms with Gasteiger partial charge in [0.15, 0.2) is 0 Å². The highest BCUT2D eigenvalue weighted by Gasteiger charge is 2.35. The van der Waals surface area contributed by atoms with Gasteiger partial charge in [-0.15, -0.1) is 0 Å². The SMILES string of the molecule is CC(C)(C)OC(=O)N1CCOC(C)(CCCN=[N+]=[N-])C1. The number of hydrogen-bond donors (Lipinski definition) is 0. The Balaban J connectivity index is 2.52. The van der Waals surface area contributed by atoms with Crippen molar-refractivity contribution in [1.82, 2.24) is 4.90 Å². The van der Waals surface area contributed by atoms with E-state index in [0.717, 1.165) is 12.8 Å². The molecule has 1 aliphatic rings. The second-order valence-electron chi connectivity index (χ2n) is 6.26. The smallest absolute Gasteiger partial charge is 0.410 e. The molecule has 1 heterocycles. The number of carbonyl (C=O) groups excluding carboxylic acids is 1. The van der Waals surface area contributed by atoms with Crippen molar-refractivity contribution < 1.29 is 14.3 Å². The van der Waals surface area contributed by atoms with E-state index in [1.807, 2.05) is 27.7 Å². The standard InChI is InChI=1S/C13H24N4O3/c1-12(2,3)20-11(18)17-8-9-19-13(4,10-17)6-5-7-15-16-14/h5-10H2,1-4H3. The van der Waals surface area contributed by atoms with Gasteiger partial charge in [0.1, 0.15) is 5.60 Å². The van der Waals surface area contributed by atoms with Crippen molar-refractivity contribution in [3.05, 3.63) is 10.4 Å². The van der Waals surface area contributed by atoms with Gasteiger partial charge in [-0.1, -0.05) is 5.11 Å². The van der Waals surface area contributed by atoms with E-state index in [1.165, 1.54) is 0 Å². The molecule has 1 atom stereocenters. The molecular weight excluding hydrogens is 260 g/mol. The van der Waals surface area contributed by atoms with Crippen LogP contribution in [0, 0.1) is 0 Å². The average molecular weight is 284 g/mol. The molecule has 7 nitrogen and oxygen atoms in total. The third kappa shape index (κ3) is 5.67. The maximum atomic E-state index is 12.1. The van der Waals surface area contributed by atoms with Crippen molar-refractivity contribution in [3.63, 3.8) is 0 Å². The second kappa shape index (κ2) is 6.81. The molecule has 0 aromatic carbocycles. The Morgan fingerprint density at radius 1 is 1.55 bits per heavy atom. The molecule has 0 aliphatic carbocycles. The number of carbonyl (C=O) groups is 1. The summed E-state index contributed by atoms with van der Waals surface area (Å²) >= 11 is 0. The minimum atomic E-state index is -0.493. The summed E-state index contributed by atoms with van der Waals surface area (Å²) in [6, 6.07) is 0. The van der Waals surface area contributed by atoms with Gasteiger partial charge in [-0.2, -0.15) is 0 Å². The van der Waals surface area contributed by atoms with Crippen molar-refractivity contribution in [2.75, 3.05) is 26.2 Å². The lowest BCUT2D eigenvalue weighted by Crippen LogP contribution is -2.53. The van der Waals surface area contributed by atoms with Crippen LogP contribution in [0.1, 0.15) is 40.5 Å². The first-order valence-electron chi connectivity index (χ1n) is 6.88. The minimum absolute atomic E-state index is 0.304. The van der Waals surface area contributed by atoms with Crippen molar-refractivity contribution in [3.8, 4) is 0 Å². The molecule has 1 fully saturated rings. The maximum absolute atomic E-state index is 12.1. The Labute approximate surface area is 119 Å². The van der Waals surface area contributed by atoms with Gasteiger partial charge >= 0.3 is 6.09 Å². The van der Waals surface area contributed by atoms with E-state index in [0.29, 0.717) is 26.2 Å². The summed E-state index contributed by atoms with van der Waals surface area (Å²) in [7, 11) is 0. The van der Waals surface area contributed by atoms with Crippen LogP contribution in [0.3, 0.4) is 0 Å². The van der Waals surface area contributed by atoms with Crippen molar-refractivity contribution in [2.45, 2.75) is 51.7 Å². The third-order valence-corrected chi connectivity index (χ3v) is 3.02. The minimum Gasteiger partial charge on any atom is -0.444 e. The highest BCUT2D eigenvalue weighted by molar-refractivity contribution is 5.68. The van der Waals surface area contributed by atoms with Gasteiger partial charge in [-0.3, -0.25) is 0 Å². The molecule has 1 aliphatic heterocycles. The van der Waals surface area contributed by atoms with E-state index < -0.39 is 11.2 Å². The molecule has 1 amide bonds. The normalized spacial score (nSPS) is 23.1. The van der Waals surface area contributed by atoms with Crippen LogP contribution in [0.5, 0.6) is 0 Å². The van der Waals surface area contributed by atoms with Crippen LogP contribution in [-0.2, 0) is 9.47 Å². The number of azide groups is 1. The molecule has 1 saturated heterocycles. The molecule has 20 heavy (non-hydrogen) atoms. The highest BCUT2D eigenvalue weighted by atomic mass is 16.6. The van der Waals surface area contributed by atoms with Gasteiger partial charge < -0.3 is 14.4 Å². The monoisotopic (exact) mass is 284 g/mol. The zero-order valence-corrected chi connectivity index (χ0v) is 12.8. The quantitative estimate of drug-likeness (QED) is 0.344. The fourth-order valence-corrected chi connectivity index (χ4v) is 2.13. The fourth-order valence-electron chi connectivity index (χ4n) is 2.13. The van der Waals surface area contributed by atoms with E-state index in [4.69, 9.17) is 15.0 Å². The molecule has 114 valence electrons. The molecule has 0 spiro atoms. The largest absolute Gasteiger partial charge is 0.444 e. The number of hydrogen-bond acceptors (Lipinski definition) is 4. The predicted molar refractivity (Wildman–Crippen MR) is 75.4 cm³/mol. The van der Waals surface area contributed by atoms with Crippen LogP contribution in [0.15, 0.2) is 5.11 Å². The fraction of sp³-hybridized carbons (Fsp3) is 0.923. The van der Waals surface area contributed by atoms with Gasteiger partial charge in [0, 0.05) is 18.0 Å². The number of rotatable bonds is 4. The highest BCUT2D eigenvalue weighted by Crippen LogP contribution is 2.24. The van der Waals surface area contributed by atoms with Crippen LogP contribution in [0.4, 0.5) is 4.79 Å². The molecular formula is C13H24N4O3. The summed E-state index contributed by atoms with van der Waals surface area (Å²) in [4.78, 5) is 16.5. The third-order valence-electron chi connectivity index (χ3n) is 3.02. The van der Waals surface area contributed by atoms with Crippen LogP contribution in [0.2, 0.25) is 0 Å². The zero-order valence-electron chi connectivity index (χ0n) is 12.8. The molecule has 0 aromatic heterocycles. The van der Waals surface area contributed by atoms with Crippen LogP contribution in [0.25, 0.3) is 10.4 Å². The van der Waals surface area contributed by atoms with Crippen molar-refractivity contribution in [1.29, 1.82) is 0 Å². The molecule has 0 N–H and O–H groups in total. The first kappa shape index (κ1) is 16.6. The number of nitrogens with zero attached hydrogens (tertiary/aromatic N) is 4. The number of morpholine rings is 1. The topological polar surface area (TPSA) is 87.5 Å². The molecule has 1 rings (SSSR count). The van der Waals surface area contributed by atoms with Gasteiger partial charge in [0.25, 0.3) is 0 Å². The summed E-state index contributed by atoms with van der Waals surface area (Å²) in [5.41, 5.74) is 7.35. The average Bonchev–Trinajstić information content (AvgIpc) is 2.33. The van der Waals surface area contributed by atoms with Gasteiger partial charge in [-0.25, -0.2) is 4.79 Å². The summed E-state index contributed by atoms with van der Waals surface area (Å²) in [5, 5.41) is 3.51.